The van der Waals surface area contributed by atoms with Crippen LogP contribution in [0.15, 0.2) is 83.3 Å². The smallest absolute Gasteiger partial charge is 0.338 e. The fourth-order valence-electron chi connectivity index (χ4n) is 2.35. The van der Waals surface area contributed by atoms with Crippen molar-refractivity contribution in [2.45, 2.75) is 6.61 Å². The van der Waals surface area contributed by atoms with Crippen LogP contribution in [0.2, 0.25) is 0 Å². The molecule has 0 aliphatic heterocycles. The molecule has 0 bridgehead atoms. The predicted molar refractivity (Wildman–Crippen MR) is 106 cm³/mol. The Labute approximate surface area is 165 Å². The summed E-state index contributed by atoms with van der Waals surface area (Å²) in [5.74, 6) is 0.00663. The van der Waals surface area contributed by atoms with Crippen LogP contribution in [-0.4, -0.2) is 18.4 Å². The first-order chi connectivity index (χ1) is 13.1. The molecule has 0 aliphatic rings. The van der Waals surface area contributed by atoms with Gasteiger partial charge in [-0.25, -0.2) is 4.79 Å². The molecule has 3 aromatic rings. The van der Waals surface area contributed by atoms with Crippen LogP contribution >= 0.6 is 15.9 Å². The molecule has 0 radical (unpaired) electrons. The van der Waals surface area contributed by atoms with Gasteiger partial charge in [-0.1, -0.05) is 58.4 Å². The Bertz CT molecular complexity index is 903. The van der Waals surface area contributed by atoms with Crippen LogP contribution < -0.4 is 4.74 Å². The second-order valence-corrected chi connectivity index (χ2v) is 6.72. The van der Waals surface area contributed by atoms with Gasteiger partial charge in [0.2, 0.25) is 0 Å². The largest absolute Gasteiger partial charge is 0.489 e. The summed E-state index contributed by atoms with van der Waals surface area (Å²) in [4.78, 5) is 24.2. The third-order valence-corrected chi connectivity index (χ3v) is 4.37. The van der Waals surface area contributed by atoms with Crippen LogP contribution in [0, 0.1) is 0 Å². The minimum atomic E-state index is -0.531. The first-order valence-corrected chi connectivity index (χ1v) is 9.14. The lowest BCUT2D eigenvalue weighted by Crippen LogP contribution is -2.14. The van der Waals surface area contributed by atoms with E-state index in [0.29, 0.717) is 17.7 Å². The van der Waals surface area contributed by atoms with Gasteiger partial charge < -0.3 is 9.47 Å². The Morgan fingerprint density at radius 1 is 0.778 bits per heavy atom. The summed E-state index contributed by atoms with van der Waals surface area (Å²) in [5.41, 5.74) is 1.82. The number of halogens is 1. The van der Waals surface area contributed by atoms with Crippen LogP contribution in [-0.2, 0) is 11.3 Å². The van der Waals surface area contributed by atoms with Crippen LogP contribution in [0.1, 0.15) is 26.3 Å². The summed E-state index contributed by atoms with van der Waals surface area (Å²) in [6, 6.07) is 23.3. The van der Waals surface area contributed by atoms with Gasteiger partial charge in [0.25, 0.3) is 0 Å². The molecule has 0 saturated heterocycles. The molecule has 0 heterocycles. The molecule has 0 unspecified atom stereocenters. The SMILES string of the molecule is O=C(COC(=O)c1ccc(COc2ccccc2)cc1)c1ccc(Br)cc1. The number of ether oxygens (including phenoxy) is 2. The van der Waals surface area contributed by atoms with Crippen molar-refractivity contribution in [1.29, 1.82) is 0 Å². The van der Waals surface area contributed by atoms with Crippen molar-refractivity contribution >= 4 is 27.7 Å². The van der Waals surface area contributed by atoms with E-state index in [1.807, 2.05) is 30.3 Å². The van der Waals surface area contributed by atoms with Crippen molar-refractivity contribution in [3.63, 3.8) is 0 Å². The third kappa shape index (κ3) is 5.53. The lowest BCUT2D eigenvalue weighted by atomic mass is 10.1. The Hall–Kier alpha value is -2.92. The number of ketones is 1. The van der Waals surface area contributed by atoms with Crippen molar-refractivity contribution < 1.29 is 19.1 Å². The Balaban J connectivity index is 1.51. The van der Waals surface area contributed by atoms with E-state index < -0.39 is 5.97 Å². The number of hydrogen-bond donors (Lipinski definition) is 0. The quantitative estimate of drug-likeness (QED) is 0.392. The molecule has 4 nitrogen and oxygen atoms in total. The average molecular weight is 425 g/mol. The van der Waals surface area contributed by atoms with Gasteiger partial charge in [-0.15, -0.1) is 0 Å². The summed E-state index contributed by atoms with van der Waals surface area (Å²) in [6.07, 6.45) is 0. The fourth-order valence-corrected chi connectivity index (χ4v) is 2.62. The maximum atomic E-state index is 12.1. The fraction of sp³-hybridized carbons (Fsp3) is 0.0909. The highest BCUT2D eigenvalue weighted by molar-refractivity contribution is 9.10. The van der Waals surface area contributed by atoms with Gasteiger partial charge in [0.15, 0.2) is 12.4 Å². The average Bonchev–Trinajstić information content (AvgIpc) is 2.72. The highest BCUT2D eigenvalue weighted by atomic mass is 79.9. The maximum Gasteiger partial charge on any atom is 0.338 e. The molecule has 27 heavy (non-hydrogen) atoms. The van der Waals surface area contributed by atoms with E-state index in [0.717, 1.165) is 15.8 Å². The number of esters is 1. The predicted octanol–water partition coefficient (Wildman–Crippen LogP) is 5.07. The third-order valence-electron chi connectivity index (χ3n) is 3.84. The van der Waals surface area contributed by atoms with Crippen molar-refractivity contribution in [3.8, 4) is 5.75 Å². The zero-order chi connectivity index (χ0) is 19.1. The van der Waals surface area contributed by atoms with Crippen molar-refractivity contribution in [2.75, 3.05) is 6.61 Å². The molecule has 5 heteroatoms. The zero-order valence-corrected chi connectivity index (χ0v) is 16.0. The van der Waals surface area contributed by atoms with Crippen LogP contribution in [0.5, 0.6) is 5.75 Å². The van der Waals surface area contributed by atoms with E-state index in [1.165, 1.54) is 0 Å². The first-order valence-electron chi connectivity index (χ1n) is 8.34. The van der Waals surface area contributed by atoms with Gasteiger partial charge in [-0.05, 0) is 42.0 Å². The molecular weight excluding hydrogens is 408 g/mol. The Kier molecular flexibility index (Phi) is 6.39. The van der Waals surface area contributed by atoms with Crippen molar-refractivity contribution in [2.24, 2.45) is 0 Å². The maximum absolute atomic E-state index is 12.1. The minimum absolute atomic E-state index is 0.247. The normalized spacial score (nSPS) is 10.3. The molecule has 0 fully saturated rings. The Morgan fingerprint density at radius 2 is 1.41 bits per heavy atom. The molecule has 3 aromatic carbocycles. The van der Waals surface area contributed by atoms with Gasteiger partial charge >= 0.3 is 5.97 Å². The van der Waals surface area contributed by atoms with Gasteiger partial charge in [0.1, 0.15) is 12.4 Å². The summed E-state index contributed by atoms with van der Waals surface area (Å²) < 4.78 is 11.7. The van der Waals surface area contributed by atoms with Crippen molar-refractivity contribution in [1.82, 2.24) is 0 Å². The second-order valence-electron chi connectivity index (χ2n) is 5.80. The van der Waals surface area contributed by atoms with Gasteiger partial charge in [0, 0.05) is 10.0 Å². The molecule has 3 rings (SSSR count). The highest BCUT2D eigenvalue weighted by Gasteiger charge is 2.12. The standard InChI is InChI=1S/C22H17BrO4/c23-19-12-10-17(11-13-19)21(24)15-27-22(25)18-8-6-16(7-9-18)14-26-20-4-2-1-3-5-20/h1-13H,14-15H2. The van der Waals surface area contributed by atoms with Gasteiger partial charge in [-0.2, -0.15) is 0 Å². The number of hydrogen-bond acceptors (Lipinski definition) is 4. The molecule has 0 spiro atoms. The van der Waals surface area contributed by atoms with Gasteiger partial charge in [0.05, 0.1) is 5.56 Å². The summed E-state index contributed by atoms with van der Waals surface area (Å²) >= 11 is 3.31. The lowest BCUT2D eigenvalue weighted by molar-refractivity contribution is 0.0474. The monoisotopic (exact) mass is 424 g/mol. The number of para-hydroxylation sites is 1. The molecule has 0 aromatic heterocycles. The summed E-state index contributed by atoms with van der Waals surface area (Å²) in [7, 11) is 0. The van der Waals surface area contributed by atoms with Crippen molar-refractivity contribution in [3.05, 3.63) is 100 Å². The van der Waals surface area contributed by atoms with Crippen LogP contribution in [0.4, 0.5) is 0 Å². The molecule has 0 amide bonds. The Morgan fingerprint density at radius 3 is 2.07 bits per heavy atom. The number of rotatable bonds is 7. The number of Topliss-reactive ketones (excluding diaryl/α,β-unsaturated/α-hetero) is 1. The van der Waals surface area contributed by atoms with E-state index >= 15 is 0 Å². The number of carbonyl (C=O) groups is 2. The molecule has 0 aliphatic carbocycles. The number of carbonyl (C=O) groups excluding carboxylic acids is 2. The molecule has 0 saturated carbocycles. The van der Waals surface area contributed by atoms with E-state index in [1.54, 1.807) is 48.5 Å². The molecule has 0 N–H and O–H groups in total. The number of benzene rings is 3. The molecule has 0 atom stereocenters. The summed E-state index contributed by atoms with van der Waals surface area (Å²) in [5, 5.41) is 0. The van der Waals surface area contributed by atoms with E-state index in [-0.39, 0.29) is 12.4 Å². The van der Waals surface area contributed by atoms with E-state index in [9.17, 15) is 9.59 Å². The lowest BCUT2D eigenvalue weighted by Gasteiger charge is -2.07. The van der Waals surface area contributed by atoms with Crippen LogP contribution in [0.3, 0.4) is 0 Å². The van der Waals surface area contributed by atoms with E-state index in [4.69, 9.17) is 9.47 Å². The van der Waals surface area contributed by atoms with E-state index in [2.05, 4.69) is 15.9 Å². The first kappa shape index (κ1) is 18.9. The topological polar surface area (TPSA) is 52.6 Å². The minimum Gasteiger partial charge on any atom is -0.489 e. The van der Waals surface area contributed by atoms with Gasteiger partial charge in [-0.3, -0.25) is 4.79 Å². The zero-order valence-electron chi connectivity index (χ0n) is 14.4. The second kappa shape index (κ2) is 9.14. The highest BCUT2D eigenvalue weighted by Crippen LogP contribution is 2.14. The molecule has 136 valence electrons. The summed E-state index contributed by atoms with van der Waals surface area (Å²) in [6.45, 7) is 0.112. The molecular formula is C22H17BrO4. The van der Waals surface area contributed by atoms with Crippen LogP contribution in [0.25, 0.3) is 0 Å².